The number of amides is 1. The van der Waals surface area contributed by atoms with Gasteiger partial charge in [0.05, 0.1) is 12.5 Å². The van der Waals surface area contributed by atoms with E-state index in [4.69, 9.17) is 14.2 Å². The van der Waals surface area contributed by atoms with Gasteiger partial charge in [-0.05, 0) is 37.1 Å². The average molecular weight is 355 g/mol. The van der Waals surface area contributed by atoms with E-state index in [1.807, 2.05) is 56.3 Å². The van der Waals surface area contributed by atoms with E-state index in [9.17, 15) is 9.59 Å². The number of ether oxygens (including phenoxy) is 3. The number of nitrogens with one attached hydrogen (secondary N) is 1. The van der Waals surface area contributed by atoms with Crippen LogP contribution in [-0.2, 0) is 20.7 Å². The van der Waals surface area contributed by atoms with Crippen LogP contribution in [0.4, 0.5) is 0 Å². The van der Waals surface area contributed by atoms with Crippen LogP contribution in [0, 0.1) is 6.92 Å². The first kappa shape index (κ1) is 17.8. The third kappa shape index (κ3) is 4.53. The minimum Gasteiger partial charge on any atom is -0.455 e. The molecule has 0 saturated carbocycles. The highest BCUT2D eigenvalue weighted by atomic mass is 16.7. The first-order valence-corrected chi connectivity index (χ1v) is 8.41. The Balaban J connectivity index is 1.46. The van der Waals surface area contributed by atoms with E-state index in [0.717, 1.165) is 16.7 Å². The number of esters is 1. The molecule has 1 aliphatic rings. The zero-order valence-electron chi connectivity index (χ0n) is 14.8. The van der Waals surface area contributed by atoms with E-state index in [-0.39, 0.29) is 31.8 Å². The third-order valence-electron chi connectivity index (χ3n) is 4.11. The molecule has 6 nitrogen and oxygen atoms in total. The van der Waals surface area contributed by atoms with E-state index in [1.54, 1.807) is 0 Å². The maximum absolute atomic E-state index is 12.0. The molecule has 2 aromatic carbocycles. The lowest BCUT2D eigenvalue weighted by atomic mass is 10.1. The van der Waals surface area contributed by atoms with Gasteiger partial charge in [-0.1, -0.05) is 35.9 Å². The first-order chi connectivity index (χ1) is 12.5. The van der Waals surface area contributed by atoms with Gasteiger partial charge in [0.1, 0.15) is 0 Å². The molecule has 0 unspecified atom stereocenters. The molecule has 6 heteroatoms. The van der Waals surface area contributed by atoms with Crippen molar-refractivity contribution in [2.75, 3.05) is 13.4 Å². The molecule has 0 bridgehead atoms. The highest BCUT2D eigenvalue weighted by molar-refractivity contribution is 5.81. The van der Waals surface area contributed by atoms with Gasteiger partial charge in [-0.25, -0.2) is 0 Å². The monoisotopic (exact) mass is 355 g/mol. The van der Waals surface area contributed by atoms with Gasteiger partial charge in [0.25, 0.3) is 5.91 Å². The van der Waals surface area contributed by atoms with Gasteiger partial charge in [-0.3, -0.25) is 9.59 Å². The lowest BCUT2D eigenvalue weighted by Crippen LogP contribution is -2.31. The Kier molecular flexibility index (Phi) is 5.41. The van der Waals surface area contributed by atoms with E-state index >= 15 is 0 Å². The number of aryl methyl sites for hydroxylation is 1. The number of rotatable bonds is 6. The van der Waals surface area contributed by atoms with Crippen molar-refractivity contribution in [3.05, 3.63) is 59.2 Å². The van der Waals surface area contributed by atoms with Crippen molar-refractivity contribution in [1.82, 2.24) is 5.32 Å². The Labute approximate surface area is 152 Å². The molecule has 1 amide bonds. The highest BCUT2D eigenvalue weighted by Crippen LogP contribution is 2.34. The molecule has 0 radical (unpaired) electrons. The maximum atomic E-state index is 12.0. The molecule has 26 heavy (non-hydrogen) atoms. The lowest BCUT2D eigenvalue weighted by molar-refractivity contribution is -0.148. The van der Waals surface area contributed by atoms with Gasteiger partial charge in [-0.15, -0.1) is 0 Å². The number of fused-ring (bicyclic) bond motifs is 1. The summed E-state index contributed by atoms with van der Waals surface area (Å²) in [6.07, 6.45) is 0.144. The summed E-state index contributed by atoms with van der Waals surface area (Å²) in [6, 6.07) is 12.9. The fraction of sp³-hybridized carbons (Fsp3) is 0.300. The second kappa shape index (κ2) is 7.91. The molecule has 1 heterocycles. The highest BCUT2D eigenvalue weighted by Gasteiger charge is 2.17. The smallest absolute Gasteiger partial charge is 0.310 e. The van der Waals surface area contributed by atoms with Crippen LogP contribution in [0.1, 0.15) is 29.7 Å². The molecule has 0 spiro atoms. The molecule has 3 rings (SSSR count). The Bertz CT molecular complexity index is 800. The minimum absolute atomic E-state index is 0.144. The van der Waals surface area contributed by atoms with Gasteiger partial charge >= 0.3 is 5.97 Å². The summed E-state index contributed by atoms with van der Waals surface area (Å²) < 4.78 is 15.7. The number of carbonyl (C=O) groups excluding carboxylic acids is 2. The molecular weight excluding hydrogens is 334 g/mol. The summed E-state index contributed by atoms with van der Waals surface area (Å²) in [7, 11) is 0. The predicted octanol–water partition coefficient (Wildman–Crippen LogP) is 2.69. The molecule has 0 aliphatic carbocycles. The summed E-state index contributed by atoms with van der Waals surface area (Å²) in [5, 5.41) is 2.80. The Morgan fingerprint density at radius 2 is 1.85 bits per heavy atom. The standard InChI is InChI=1S/C20H21NO5/c1-13-3-5-15(6-4-13)9-20(23)24-11-19(22)21-14(2)16-7-8-17-18(10-16)26-12-25-17/h3-8,10,14H,9,11-12H2,1-2H3,(H,21,22)/t14-/m1/s1. The van der Waals surface area contributed by atoms with E-state index in [2.05, 4.69) is 5.32 Å². The van der Waals surface area contributed by atoms with Crippen molar-refractivity contribution in [3.63, 3.8) is 0 Å². The lowest BCUT2D eigenvalue weighted by Gasteiger charge is -2.15. The number of carbonyl (C=O) groups is 2. The van der Waals surface area contributed by atoms with Gasteiger partial charge in [0, 0.05) is 0 Å². The number of hydrogen-bond acceptors (Lipinski definition) is 5. The minimum atomic E-state index is -0.431. The molecular formula is C20H21NO5. The van der Waals surface area contributed by atoms with Crippen molar-refractivity contribution in [1.29, 1.82) is 0 Å². The summed E-state index contributed by atoms with van der Waals surface area (Å²) in [5.74, 6) is 0.567. The molecule has 0 saturated heterocycles. The molecule has 136 valence electrons. The van der Waals surface area contributed by atoms with Crippen LogP contribution in [0.5, 0.6) is 11.5 Å². The first-order valence-electron chi connectivity index (χ1n) is 8.41. The zero-order valence-corrected chi connectivity index (χ0v) is 14.8. The third-order valence-corrected chi connectivity index (χ3v) is 4.11. The summed E-state index contributed by atoms with van der Waals surface area (Å²) in [4.78, 5) is 23.9. The second-order valence-electron chi connectivity index (χ2n) is 6.22. The van der Waals surface area contributed by atoms with Gasteiger partial charge < -0.3 is 19.5 Å². The Hall–Kier alpha value is -3.02. The van der Waals surface area contributed by atoms with Crippen LogP contribution in [0.2, 0.25) is 0 Å². The largest absolute Gasteiger partial charge is 0.455 e. The summed E-state index contributed by atoms with van der Waals surface area (Å²) in [5.41, 5.74) is 2.86. The van der Waals surface area contributed by atoms with E-state index < -0.39 is 5.97 Å². The molecule has 0 fully saturated rings. The molecule has 1 aliphatic heterocycles. The van der Waals surface area contributed by atoms with Crippen molar-refractivity contribution in [2.45, 2.75) is 26.3 Å². The fourth-order valence-electron chi connectivity index (χ4n) is 2.62. The molecule has 1 N–H and O–H groups in total. The van der Waals surface area contributed by atoms with Crippen LogP contribution in [0.25, 0.3) is 0 Å². The summed E-state index contributed by atoms with van der Waals surface area (Å²) in [6.45, 7) is 3.73. The topological polar surface area (TPSA) is 73.9 Å². The van der Waals surface area contributed by atoms with Crippen molar-refractivity contribution in [2.24, 2.45) is 0 Å². The van der Waals surface area contributed by atoms with Crippen LogP contribution in [0.15, 0.2) is 42.5 Å². The quantitative estimate of drug-likeness (QED) is 0.807. The SMILES string of the molecule is Cc1ccc(CC(=O)OCC(=O)N[C@H](C)c2ccc3c(c2)OCO3)cc1. The Morgan fingerprint density at radius 1 is 1.12 bits per heavy atom. The maximum Gasteiger partial charge on any atom is 0.310 e. The normalized spacial score (nSPS) is 13.2. The van der Waals surface area contributed by atoms with Crippen LogP contribution in [0.3, 0.4) is 0 Å². The van der Waals surface area contributed by atoms with Crippen molar-refractivity contribution < 1.29 is 23.8 Å². The number of hydrogen-bond donors (Lipinski definition) is 1. The molecule has 2 aromatic rings. The fourth-order valence-corrected chi connectivity index (χ4v) is 2.62. The molecule has 0 aromatic heterocycles. The van der Waals surface area contributed by atoms with Crippen molar-refractivity contribution in [3.8, 4) is 11.5 Å². The average Bonchev–Trinajstić information content (AvgIpc) is 3.09. The Morgan fingerprint density at radius 3 is 2.62 bits per heavy atom. The van der Waals surface area contributed by atoms with Gasteiger partial charge in [0.15, 0.2) is 18.1 Å². The predicted molar refractivity (Wildman–Crippen MR) is 95.0 cm³/mol. The zero-order chi connectivity index (χ0) is 18.5. The van der Waals surface area contributed by atoms with Crippen LogP contribution < -0.4 is 14.8 Å². The van der Waals surface area contributed by atoms with Crippen molar-refractivity contribution >= 4 is 11.9 Å². The van der Waals surface area contributed by atoms with E-state index in [1.165, 1.54) is 0 Å². The van der Waals surface area contributed by atoms with E-state index in [0.29, 0.717) is 11.5 Å². The van der Waals surface area contributed by atoms with Crippen LogP contribution >= 0.6 is 0 Å². The van der Waals surface area contributed by atoms with Gasteiger partial charge in [0.2, 0.25) is 6.79 Å². The second-order valence-corrected chi connectivity index (χ2v) is 6.22. The number of benzene rings is 2. The van der Waals surface area contributed by atoms with Gasteiger partial charge in [-0.2, -0.15) is 0 Å². The molecule has 1 atom stereocenters. The van der Waals surface area contributed by atoms with Crippen LogP contribution in [-0.4, -0.2) is 25.3 Å². The summed E-state index contributed by atoms with van der Waals surface area (Å²) >= 11 is 0.